The molecule has 1 saturated carbocycles. The fourth-order valence-electron chi connectivity index (χ4n) is 4.26. The zero-order valence-corrected chi connectivity index (χ0v) is 16.5. The van der Waals surface area contributed by atoms with Crippen LogP contribution < -0.4 is 5.32 Å². The van der Waals surface area contributed by atoms with Gasteiger partial charge < -0.3 is 10.4 Å². The molecule has 2 N–H and O–H groups in total. The first-order chi connectivity index (χ1) is 13.7. The maximum Gasteiger partial charge on any atom is 0.225 e. The van der Waals surface area contributed by atoms with Gasteiger partial charge in [0, 0.05) is 62.9 Å². The molecule has 1 aliphatic heterocycles. The van der Waals surface area contributed by atoms with Crippen LogP contribution in [0.2, 0.25) is 0 Å². The van der Waals surface area contributed by atoms with Crippen LogP contribution in [0.1, 0.15) is 25.7 Å². The van der Waals surface area contributed by atoms with Gasteiger partial charge in [-0.05, 0) is 36.6 Å². The molecule has 0 radical (unpaired) electrons. The van der Waals surface area contributed by atoms with Crippen molar-refractivity contribution in [1.82, 2.24) is 9.80 Å². The van der Waals surface area contributed by atoms with Crippen molar-refractivity contribution in [2.75, 3.05) is 44.6 Å². The van der Waals surface area contributed by atoms with E-state index >= 15 is 0 Å². The van der Waals surface area contributed by atoms with Crippen molar-refractivity contribution in [1.29, 1.82) is 0 Å². The summed E-state index contributed by atoms with van der Waals surface area (Å²) in [7, 11) is 0. The van der Waals surface area contributed by atoms with Crippen molar-refractivity contribution >= 4 is 22.4 Å². The number of amides is 1. The fourth-order valence-corrected chi connectivity index (χ4v) is 4.26. The van der Waals surface area contributed by atoms with E-state index in [4.69, 9.17) is 0 Å². The molecule has 2 aliphatic rings. The minimum absolute atomic E-state index is 0.0653. The molecule has 2 fully saturated rings. The van der Waals surface area contributed by atoms with E-state index in [-0.39, 0.29) is 12.5 Å². The van der Waals surface area contributed by atoms with E-state index in [0.717, 1.165) is 55.0 Å². The van der Waals surface area contributed by atoms with Crippen molar-refractivity contribution in [3.63, 3.8) is 0 Å². The van der Waals surface area contributed by atoms with E-state index in [1.165, 1.54) is 19.4 Å². The lowest BCUT2D eigenvalue weighted by atomic mass is 10.1. The molecule has 28 heavy (non-hydrogen) atoms. The van der Waals surface area contributed by atoms with Crippen LogP contribution in [0.3, 0.4) is 0 Å². The Morgan fingerprint density at radius 1 is 1.11 bits per heavy atom. The summed E-state index contributed by atoms with van der Waals surface area (Å²) in [4.78, 5) is 17.5. The van der Waals surface area contributed by atoms with E-state index in [2.05, 4.69) is 27.2 Å². The quantitative estimate of drug-likeness (QED) is 0.738. The van der Waals surface area contributed by atoms with Crippen molar-refractivity contribution in [3.8, 4) is 0 Å². The molecule has 0 spiro atoms. The number of rotatable bonds is 8. The molecule has 1 atom stereocenters. The molecule has 4 rings (SSSR count). The topological polar surface area (TPSA) is 55.8 Å². The van der Waals surface area contributed by atoms with Gasteiger partial charge in [-0.2, -0.15) is 0 Å². The van der Waals surface area contributed by atoms with Gasteiger partial charge in [0.05, 0.1) is 0 Å². The van der Waals surface area contributed by atoms with Crippen molar-refractivity contribution < 1.29 is 9.90 Å². The summed E-state index contributed by atoms with van der Waals surface area (Å²) in [5, 5.41) is 14.7. The van der Waals surface area contributed by atoms with Gasteiger partial charge in [0.1, 0.15) is 0 Å². The number of aliphatic hydroxyl groups is 1. The third-order valence-electron chi connectivity index (χ3n) is 6.06. The number of nitrogens with zero attached hydrogens (tertiary/aromatic N) is 2. The predicted molar refractivity (Wildman–Crippen MR) is 113 cm³/mol. The summed E-state index contributed by atoms with van der Waals surface area (Å²) in [6, 6.07) is 14.6. The van der Waals surface area contributed by atoms with Crippen LogP contribution in [-0.4, -0.2) is 66.2 Å². The molecule has 5 nitrogen and oxygen atoms in total. The van der Waals surface area contributed by atoms with Gasteiger partial charge in [-0.25, -0.2) is 0 Å². The first-order valence-corrected chi connectivity index (χ1v) is 10.6. The number of benzene rings is 2. The molecule has 0 unspecified atom stereocenters. The van der Waals surface area contributed by atoms with Gasteiger partial charge in [0.25, 0.3) is 0 Å². The normalized spacial score (nSPS) is 21.1. The van der Waals surface area contributed by atoms with Crippen LogP contribution in [0.25, 0.3) is 10.8 Å². The second-order valence-corrected chi connectivity index (χ2v) is 8.23. The van der Waals surface area contributed by atoms with Gasteiger partial charge in [0.2, 0.25) is 5.91 Å². The number of anilines is 1. The molecule has 0 bridgehead atoms. The van der Waals surface area contributed by atoms with E-state index in [0.29, 0.717) is 12.5 Å². The molecule has 2 aromatic rings. The minimum Gasteiger partial charge on any atom is -0.396 e. The molecule has 1 aliphatic carbocycles. The Labute approximate surface area is 167 Å². The highest BCUT2D eigenvalue weighted by Gasteiger charge is 2.31. The Bertz CT molecular complexity index is 800. The Balaban J connectivity index is 1.29. The molecule has 1 saturated heterocycles. The van der Waals surface area contributed by atoms with Crippen LogP contribution in [0.15, 0.2) is 42.5 Å². The lowest BCUT2D eigenvalue weighted by molar-refractivity contribution is -0.116. The highest BCUT2D eigenvalue weighted by Crippen LogP contribution is 2.31. The van der Waals surface area contributed by atoms with Gasteiger partial charge in [-0.3, -0.25) is 14.6 Å². The highest BCUT2D eigenvalue weighted by atomic mass is 16.3. The molecule has 0 aromatic heterocycles. The Hall–Kier alpha value is -1.95. The average molecular weight is 382 g/mol. The smallest absolute Gasteiger partial charge is 0.225 e. The number of carbonyl (C=O) groups is 1. The van der Waals surface area contributed by atoms with Crippen LogP contribution in [-0.2, 0) is 4.79 Å². The summed E-state index contributed by atoms with van der Waals surface area (Å²) >= 11 is 0. The monoisotopic (exact) mass is 381 g/mol. The number of fused-ring (bicyclic) bond motifs is 1. The summed E-state index contributed by atoms with van der Waals surface area (Å²) in [5.74, 6) is 0.940. The number of hydrogen-bond donors (Lipinski definition) is 2. The third-order valence-corrected chi connectivity index (χ3v) is 6.06. The van der Waals surface area contributed by atoms with E-state index < -0.39 is 0 Å². The number of hydrogen-bond acceptors (Lipinski definition) is 4. The van der Waals surface area contributed by atoms with E-state index in [1.807, 2.05) is 30.3 Å². The number of carbonyl (C=O) groups excluding carboxylic acids is 1. The Morgan fingerprint density at radius 3 is 2.75 bits per heavy atom. The number of aliphatic hydroxyl groups excluding tert-OH is 1. The highest BCUT2D eigenvalue weighted by molar-refractivity contribution is 6.02. The second-order valence-electron chi connectivity index (χ2n) is 8.23. The number of nitrogens with one attached hydrogen (secondary N) is 1. The SMILES string of the molecule is O=C(CCN1CCN(CC2CC2)[C@H](CCO)C1)Nc1cccc2ccccc12. The van der Waals surface area contributed by atoms with Crippen LogP contribution in [0, 0.1) is 5.92 Å². The third kappa shape index (κ3) is 4.90. The molecular weight excluding hydrogens is 350 g/mol. The zero-order chi connectivity index (χ0) is 19.3. The van der Waals surface area contributed by atoms with E-state index in [9.17, 15) is 9.90 Å². The Kier molecular flexibility index (Phi) is 6.25. The van der Waals surface area contributed by atoms with Gasteiger partial charge >= 0.3 is 0 Å². The maximum atomic E-state index is 12.5. The summed E-state index contributed by atoms with van der Waals surface area (Å²) in [6.45, 7) is 5.20. The lowest BCUT2D eigenvalue weighted by Crippen LogP contribution is -2.54. The second kappa shape index (κ2) is 9.03. The van der Waals surface area contributed by atoms with E-state index in [1.54, 1.807) is 0 Å². The maximum absolute atomic E-state index is 12.5. The fraction of sp³-hybridized carbons (Fsp3) is 0.522. The molecule has 1 heterocycles. The molecule has 1 amide bonds. The predicted octanol–water partition coefficient (Wildman–Crippen LogP) is 2.95. The molecule has 2 aromatic carbocycles. The summed E-state index contributed by atoms with van der Waals surface area (Å²) in [5.41, 5.74) is 0.885. The van der Waals surface area contributed by atoms with Gasteiger partial charge in [-0.1, -0.05) is 36.4 Å². The van der Waals surface area contributed by atoms with Crippen LogP contribution in [0.4, 0.5) is 5.69 Å². The summed E-state index contributed by atoms with van der Waals surface area (Å²) < 4.78 is 0. The summed E-state index contributed by atoms with van der Waals surface area (Å²) in [6.07, 6.45) is 4.05. The lowest BCUT2D eigenvalue weighted by Gasteiger charge is -2.41. The van der Waals surface area contributed by atoms with Gasteiger partial charge in [-0.15, -0.1) is 0 Å². The first-order valence-electron chi connectivity index (χ1n) is 10.6. The van der Waals surface area contributed by atoms with Crippen molar-refractivity contribution in [3.05, 3.63) is 42.5 Å². The minimum atomic E-state index is 0.0653. The Morgan fingerprint density at radius 2 is 1.93 bits per heavy atom. The number of piperazine rings is 1. The van der Waals surface area contributed by atoms with Crippen LogP contribution >= 0.6 is 0 Å². The van der Waals surface area contributed by atoms with Crippen LogP contribution in [0.5, 0.6) is 0 Å². The standard InChI is InChI=1S/C23H31N3O2/c27-15-11-20-17-25(13-14-26(20)16-18-8-9-18)12-10-23(28)24-22-7-3-5-19-4-1-2-6-21(19)22/h1-7,18,20,27H,8-17H2,(H,24,28)/t20-/m1/s1. The molecule has 5 heteroatoms. The van der Waals surface area contributed by atoms with Gasteiger partial charge in [0.15, 0.2) is 0 Å². The molecule has 150 valence electrons. The first kappa shape index (κ1) is 19.4. The zero-order valence-electron chi connectivity index (χ0n) is 16.5. The molecular formula is C23H31N3O2. The van der Waals surface area contributed by atoms with Crippen molar-refractivity contribution in [2.24, 2.45) is 5.92 Å². The van der Waals surface area contributed by atoms with Crippen molar-refractivity contribution in [2.45, 2.75) is 31.7 Å². The average Bonchev–Trinajstić information content (AvgIpc) is 3.53. The largest absolute Gasteiger partial charge is 0.396 e.